The molecule has 0 bridgehead atoms. The fourth-order valence-corrected chi connectivity index (χ4v) is 1.44. The zero-order chi connectivity index (χ0) is 10.7. The van der Waals surface area contributed by atoms with E-state index in [0.717, 1.165) is 11.3 Å². The summed E-state index contributed by atoms with van der Waals surface area (Å²) >= 11 is 0. The van der Waals surface area contributed by atoms with E-state index in [9.17, 15) is 0 Å². The van der Waals surface area contributed by atoms with Crippen molar-refractivity contribution in [1.82, 2.24) is 9.97 Å². The van der Waals surface area contributed by atoms with Gasteiger partial charge in [-0.3, -0.25) is 0 Å². The highest BCUT2D eigenvalue weighted by Gasteiger charge is 2.17. The number of hydrogen-bond donors (Lipinski definition) is 1. The van der Waals surface area contributed by atoms with Crippen molar-refractivity contribution >= 4 is 0 Å². The van der Waals surface area contributed by atoms with Crippen molar-refractivity contribution in [2.24, 2.45) is 5.73 Å². The highest BCUT2D eigenvalue weighted by atomic mass is 16.5. The molecule has 1 aromatic heterocycles. The zero-order valence-corrected chi connectivity index (χ0v) is 9.11. The fraction of sp³-hybridized carbons (Fsp3) is 0.600. The molecular weight excluding hydrogens is 178 g/mol. The van der Waals surface area contributed by atoms with Gasteiger partial charge in [-0.05, 0) is 12.8 Å². The van der Waals surface area contributed by atoms with Crippen LogP contribution in [0.4, 0.5) is 0 Å². The van der Waals surface area contributed by atoms with Crippen LogP contribution in [0.2, 0.25) is 0 Å². The Morgan fingerprint density at radius 1 is 1.29 bits per heavy atom. The Hall–Kier alpha value is -1.16. The lowest BCUT2D eigenvalue weighted by Crippen LogP contribution is -2.13. The number of rotatable bonds is 3. The molecule has 14 heavy (non-hydrogen) atoms. The Balaban J connectivity index is 3.28. The van der Waals surface area contributed by atoms with Gasteiger partial charge in [0, 0.05) is 6.04 Å². The molecule has 1 heterocycles. The number of nitrogens with two attached hydrogens (primary N) is 1. The molecule has 0 aliphatic carbocycles. The van der Waals surface area contributed by atoms with Gasteiger partial charge in [0.1, 0.15) is 6.33 Å². The van der Waals surface area contributed by atoms with Crippen LogP contribution in [0, 0.1) is 0 Å². The van der Waals surface area contributed by atoms with Crippen LogP contribution in [0.25, 0.3) is 0 Å². The summed E-state index contributed by atoms with van der Waals surface area (Å²) in [5.41, 5.74) is 7.74. The van der Waals surface area contributed by atoms with Crippen LogP contribution >= 0.6 is 0 Å². The van der Waals surface area contributed by atoms with Crippen LogP contribution < -0.4 is 10.5 Å². The van der Waals surface area contributed by atoms with Crippen molar-refractivity contribution in [2.75, 3.05) is 7.11 Å². The van der Waals surface area contributed by atoms with Crippen LogP contribution in [0.3, 0.4) is 0 Å². The largest absolute Gasteiger partial charge is 0.481 e. The van der Waals surface area contributed by atoms with Crippen LogP contribution in [0.1, 0.15) is 44.0 Å². The van der Waals surface area contributed by atoms with Crippen LogP contribution in [0.15, 0.2) is 6.33 Å². The number of aromatic nitrogens is 2. The molecule has 4 nitrogen and oxygen atoms in total. The molecule has 1 unspecified atom stereocenters. The molecule has 1 atom stereocenters. The lowest BCUT2D eigenvalue weighted by atomic mass is 10.0. The fourth-order valence-electron chi connectivity index (χ4n) is 1.44. The van der Waals surface area contributed by atoms with E-state index in [1.54, 1.807) is 7.11 Å². The summed E-state index contributed by atoms with van der Waals surface area (Å²) < 4.78 is 5.17. The molecule has 0 saturated heterocycles. The van der Waals surface area contributed by atoms with Crippen molar-refractivity contribution < 1.29 is 4.74 Å². The van der Waals surface area contributed by atoms with E-state index < -0.39 is 0 Å². The standard InChI is InChI=1S/C10H17N3O/c1-6(2)9-8(7(3)11)10(14-4)13-5-12-9/h5-7H,11H2,1-4H3. The van der Waals surface area contributed by atoms with E-state index in [0.29, 0.717) is 11.8 Å². The van der Waals surface area contributed by atoms with Crippen molar-refractivity contribution in [3.05, 3.63) is 17.6 Å². The molecular formula is C10H17N3O. The first kappa shape index (κ1) is 10.9. The highest BCUT2D eigenvalue weighted by molar-refractivity contribution is 5.34. The van der Waals surface area contributed by atoms with E-state index in [4.69, 9.17) is 10.5 Å². The molecule has 0 spiro atoms. The van der Waals surface area contributed by atoms with Crippen LogP contribution in [0.5, 0.6) is 5.88 Å². The van der Waals surface area contributed by atoms with Gasteiger partial charge in [0.2, 0.25) is 5.88 Å². The first-order chi connectivity index (χ1) is 6.57. The average Bonchev–Trinajstić information content (AvgIpc) is 2.16. The summed E-state index contributed by atoms with van der Waals surface area (Å²) in [7, 11) is 1.60. The minimum atomic E-state index is -0.108. The molecule has 1 rings (SSSR count). The third-order valence-electron chi connectivity index (χ3n) is 2.07. The maximum atomic E-state index is 5.87. The summed E-state index contributed by atoms with van der Waals surface area (Å²) in [6, 6.07) is -0.108. The SMILES string of the molecule is COc1ncnc(C(C)C)c1C(C)N. The number of nitrogens with zero attached hydrogens (tertiary/aromatic N) is 2. The molecule has 78 valence electrons. The third-order valence-corrected chi connectivity index (χ3v) is 2.07. The quantitative estimate of drug-likeness (QED) is 0.796. The van der Waals surface area contributed by atoms with Crippen LogP contribution in [-0.2, 0) is 0 Å². The number of hydrogen-bond acceptors (Lipinski definition) is 4. The molecule has 1 aromatic rings. The average molecular weight is 195 g/mol. The third kappa shape index (κ3) is 2.01. The van der Waals surface area contributed by atoms with Gasteiger partial charge in [-0.15, -0.1) is 0 Å². The van der Waals surface area contributed by atoms with Crippen molar-refractivity contribution in [3.8, 4) is 5.88 Å². The summed E-state index contributed by atoms with van der Waals surface area (Å²) in [4.78, 5) is 8.29. The molecule has 0 radical (unpaired) electrons. The first-order valence-corrected chi connectivity index (χ1v) is 4.72. The van der Waals surface area contributed by atoms with E-state index in [1.165, 1.54) is 6.33 Å². The Labute approximate surface area is 84.5 Å². The molecule has 0 aromatic carbocycles. The van der Waals surface area contributed by atoms with Gasteiger partial charge >= 0.3 is 0 Å². The number of methoxy groups -OCH3 is 1. The van der Waals surface area contributed by atoms with E-state index in [2.05, 4.69) is 23.8 Å². The van der Waals surface area contributed by atoms with Gasteiger partial charge in [-0.1, -0.05) is 13.8 Å². The second kappa shape index (κ2) is 4.37. The van der Waals surface area contributed by atoms with Gasteiger partial charge in [-0.25, -0.2) is 9.97 Å². The molecule has 0 fully saturated rings. The van der Waals surface area contributed by atoms with Gasteiger partial charge < -0.3 is 10.5 Å². The second-order valence-corrected chi connectivity index (χ2v) is 3.63. The number of ether oxygens (including phenoxy) is 1. The zero-order valence-electron chi connectivity index (χ0n) is 9.11. The van der Waals surface area contributed by atoms with E-state index in [-0.39, 0.29) is 6.04 Å². The summed E-state index contributed by atoms with van der Waals surface area (Å²) in [5.74, 6) is 0.909. The van der Waals surface area contributed by atoms with Crippen molar-refractivity contribution in [1.29, 1.82) is 0 Å². The Bertz CT molecular complexity index is 310. The van der Waals surface area contributed by atoms with Crippen molar-refractivity contribution in [2.45, 2.75) is 32.7 Å². The molecule has 0 aliphatic rings. The van der Waals surface area contributed by atoms with Gasteiger partial charge in [0.25, 0.3) is 0 Å². The molecule has 0 saturated carbocycles. The Morgan fingerprint density at radius 3 is 2.36 bits per heavy atom. The first-order valence-electron chi connectivity index (χ1n) is 4.72. The molecule has 4 heteroatoms. The van der Waals surface area contributed by atoms with Crippen LogP contribution in [-0.4, -0.2) is 17.1 Å². The Kier molecular flexibility index (Phi) is 3.41. The Morgan fingerprint density at radius 2 is 1.93 bits per heavy atom. The van der Waals surface area contributed by atoms with Gasteiger partial charge in [0.05, 0.1) is 18.4 Å². The van der Waals surface area contributed by atoms with Gasteiger partial charge in [-0.2, -0.15) is 0 Å². The van der Waals surface area contributed by atoms with E-state index in [1.807, 2.05) is 6.92 Å². The molecule has 0 amide bonds. The lowest BCUT2D eigenvalue weighted by Gasteiger charge is -2.16. The highest BCUT2D eigenvalue weighted by Crippen LogP contribution is 2.27. The second-order valence-electron chi connectivity index (χ2n) is 3.63. The van der Waals surface area contributed by atoms with Gasteiger partial charge in [0.15, 0.2) is 0 Å². The summed E-state index contributed by atoms with van der Waals surface area (Å²) in [6.07, 6.45) is 1.51. The summed E-state index contributed by atoms with van der Waals surface area (Å²) in [5, 5.41) is 0. The topological polar surface area (TPSA) is 61.0 Å². The predicted octanol–water partition coefficient (Wildman–Crippen LogP) is 1.63. The predicted molar refractivity (Wildman–Crippen MR) is 55.3 cm³/mol. The van der Waals surface area contributed by atoms with Crippen molar-refractivity contribution in [3.63, 3.8) is 0 Å². The monoisotopic (exact) mass is 195 g/mol. The maximum Gasteiger partial charge on any atom is 0.221 e. The molecule has 2 N–H and O–H groups in total. The normalized spacial score (nSPS) is 13.0. The summed E-state index contributed by atoms with van der Waals surface area (Å²) in [6.45, 7) is 6.06. The minimum absolute atomic E-state index is 0.108. The lowest BCUT2D eigenvalue weighted by molar-refractivity contribution is 0.386. The molecule has 0 aliphatic heterocycles. The van der Waals surface area contributed by atoms with E-state index >= 15 is 0 Å². The maximum absolute atomic E-state index is 5.87. The smallest absolute Gasteiger partial charge is 0.221 e. The minimum Gasteiger partial charge on any atom is -0.481 e.